The number of fused-ring (bicyclic) bond motifs is 1. The number of methoxy groups -OCH3 is 1. The minimum atomic E-state index is -0.774. The number of aromatic hydroxyl groups is 1. The van der Waals surface area contributed by atoms with Gasteiger partial charge < -0.3 is 20.0 Å². The highest BCUT2D eigenvalue weighted by Gasteiger charge is 2.13. The average molecular weight is 207 g/mol. The fourth-order valence-corrected chi connectivity index (χ4v) is 1.36. The Kier molecular flexibility index (Phi) is 2.00. The first-order chi connectivity index (χ1) is 7.15. The minimum absolute atomic E-state index is 0.191. The molecule has 0 amide bonds. The first kappa shape index (κ1) is 9.39. The summed E-state index contributed by atoms with van der Waals surface area (Å²) in [4.78, 5) is 11.2. The molecule has 3 N–H and O–H groups in total. The Balaban J connectivity index is 2.98. The molecule has 0 saturated heterocycles. The molecule has 0 saturated carbocycles. The van der Waals surface area contributed by atoms with Gasteiger partial charge in [-0.2, -0.15) is 0 Å². The van der Waals surface area contributed by atoms with Crippen molar-refractivity contribution in [1.29, 1.82) is 0 Å². The second-order valence-corrected chi connectivity index (χ2v) is 2.99. The van der Waals surface area contributed by atoms with E-state index in [2.05, 4.69) is 0 Å². The number of para-hydroxylation sites is 1. The summed E-state index contributed by atoms with van der Waals surface area (Å²) in [6.07, 6.45) is 0. The number of hydrogen-bond acceptors (Lipinski definition) is 5. The van der Waals surface area contributed by atoms with Crippen molar-refractivity contribution in [2.75, 3.05) is 12.8 Å². The molecule has 1 aromatic carbocycles. The number of anilines is 1. The Morgan fingerprint density at radius 1 is 1.47 bits per heavy atom. The molecule has 1 aromatic heterocycles. The van der Waals surface area contributed by atoms with Gasteiger partial charge in [-0.15, -0.1) is 0 Å². The van der Waals surface area contributed by atoms with E-state index in [1.54, 1.807) is 18.2 Å². The van der Waals surface area contributed by atoms with E-state index >= 15 is 0 Å². The Hall–Kier alpha value is -2.17. The molecule has 2 rings (SSSR count). The molecule has 0 spiro atoms. The molecule has 0 aliphatic rings. The molecule has 0 radical (unpaired) electrons. The molecule has 0 aliphatic carbocycles. The van der Waals surface area contributed by atoms with E-state index in [1.807, 2.05) is 0 Å². The zero-order chi connectivity index (χ0) is 11.0. The van der Waals surface area contributed by atoms with Crippen molar-refractivity contribution in [2.24, 2.45) is 0 Å². The smallest absolute Gasteiger partial charge is 0.363 e. The van der Waals surface area contributed by atoms with Crippen LogP contribution in [0.3, 0.4) is 0 Å². The van der Waals surface area contributed by atoms with Gasteiger partial charge in [0.1, 0.15) is 0 Å². The Morgan fingerprint density at radius 2 is 2.20 bits per heavy atom. The summed E-state index contributed by atoms with van der Waals surface area (Å²) in [6, 6.07) is 4.88. The SMILES string of the molecule is COc1cccc2c(O)c(N)c(=O)oc12. The van der Waals surface area contributed by atoms with Gasteiger partial charge in [-0.25, -0.2) is 4.79 Å². The molecule has 78 valence electrons. The van der Waals surface area contributed by atoms with E-state index in [4.69, 9.17) is 14.9 Å². The van der Waals surface area contributed by atoms with Gasteiger partial charge in [0.05, 0.1) is 12.5 Å². The number of rotatable bonds is 1. The Labute approximate surface area is 84.7 Å². The van der Waals surface area contributed by atoms with Crippen LogP contribution in [0.5, 0.6) is 11.5 Å². The van der Waals surface area contributed by atoms with Crippen LogP contribution in [-0.4, -0.2) is 12.2 Å². The van der Waals surface area contributed by atoms with Gasteiger partial charge in [0.2, 0.25) is 0 Å². The highest BCUT2D eigenvalue weighted by Crippen LogP contribution is 2.32. The van der Waals surface area contributed by atoms with E-state index in [1.165, 1.54) is 7.11 Å². The van der Waals surface area contributed by atoms with E-state index in [9.17, 15) is 9.90 Å². The topological polar surface area (TPSA) is 85.7 Å². The van der Waals surface area contributed by atoms with Crippen LogP contribution < -0.4 is 16.1 Å². The fraction of sp³-hybridized carbons (Fsp3) is 0.100. The van der Waals surface area contributed by atoms with Crippen molar-refractivity contribution in [2.45, 2.75) is 0 Å². The Bertz CT molecular complexity index is 573. The summed E-state index contributed by atoms with van der Waals surface area (Å²) in [7, 11) is 1.45. The highest BCUT2D eigenvalue weighted by atomic mass is 16.5. The molecule has 0 atom stereocenters. The van der Waals surface area contributed by atoms with Crippen LogP contribution in [0.25, 0.3) is 11.0 Å². The van der Waals surface area contributed by atoms with Crippen molar-refractivity contribution in [3.63, 3.8) is 0 Å². The Morgan fingerprint density at radius 3 is 2.87 bits per heavy atom. The lowest BCUT2D eigenvalue weighted by molar-refractivity contribution is 0.405. The maximum absolute atomic E-state index is 11.2. The van der Waals surface area contributed by atoms with Crippen molar-refractivity contribution in [1.82, 2.24) is 0 Å². The highest BCUT2D eigenvalue weighted by molar-refractivity contribution is 5.91. The molecule has 0 unspecified atom stereocenters. The van der Waals surface area contributed by atoms with Crippen LogP contribution in [0.4, 0.5) is 5.69 Å². The predicted octanol–water partition coefficient (Wildman–Crippen LogP) is 1.09. The summed E-state index contributed by atoms with van der Waals surface area (Å²) < 4.78 is 9.92. The largest absolute Gasteiger partial charge is 0.505 e. The lowest BCUT2D eigenvalue weighted by Crippen LogP contribution is -2.06. The lowest BCUT2D eigenvalue weighted by Gasteiger charge is -2.05. The van der Waals surface area contributed by atoms with Crippen LogP contribution in [0.15, 0.2) is 27.4 Å². The van der Waals surface area contributed by atoms with Crippen LogP contribution in [-0.2, 0) is 0 Å². The second-order valence-electron chi connectivity index (χ2n) is 2.99. The van der Waals surface area contributed by atoms with Gasteiger partial charge in [0.15, 0.2) is 22.8 Å². The van der Waals surface area contributed by atoms with Gasteiger partial charge >= 0.3 is 5.63 Å². The molecule has 15 heavy (non-hydrogen) atoms. The van der Waals surface area contributed by atoms with Crippen molar-refractivity contribution >= 4 is 16.7 Å². The molecule has 0 bridgehead atoms. The average Bonchev–Trinajstić information content (AvgIpc) is 2.25. The lowest BCUT2D eigenvalue weighted by atomic mass is 10.2. The standard InChI is InChI=1S/C10H9NO4/c1-14-6-4-2-3-5-8(12)7(11)10(13)15-9(5)6/h2-4,12H,11H2,1H3. The molecule has 5 heteroatoms. The maximum atomic E-state index is 11.2. The second kappa shape index (κ2) is 3.20. The molecule has 2 aromatic rings. The van der Waals surface area contributed by atoms with Crippen molar-refractivity contribution in [3.05, 3.63) is 28.6 Å². The third-order valence-electron chi connectivity index (χ3n) is 2.12. The van der Waals surface area contributed by atoms with Crippen LogP contribution in [0, 0.1) is 0 Å². The summed E-state index contributed by atoms with van der Waals surface area (Å²) in [5, 5.41) is 9.97. The van der Waals surface area contributed by atoms with Gasteiger partial charge in [0, 0.05) is 0 Å². The van der Waals surface area contributed by atoms with E-state index in [0.717, 1.165) is 0 Å². The van der Waals surface area contributed by atoms with Crippen LogP contribution in [0.1, 0.15) is 0 Å². The van der Waals surface area contributed by atoms with Gasteiger partial charge in [-0.3, -0.25) is 0 Å². The third kappa shape index (κ3) is 1.28. The summed E-state index contributed by atoms with van der Waals surface area (Å²) in [5.41, 5.74) is 4.46. The van der Waals surface area contributed by atoms with Gasteiger partial charge in [-0.1, -0.05) is 6.07 Å². The monoisotopic (exact) mass is 207 g/mol. The summed E-state index contributed by atoms with van der Waals surface area (Å²) in [6.45, 7) is 0. The molecule has 5 nitrogen and oxygen atoms in total. The van der Waals surface area contributed by atoms with Gasteiger partial charge in [-0.05, 0) is 12.1 Å². The normalized spacial score (nSPS) is 10.5. The number of nitrogen functional groups attached to an aromatic ring is 1. The predicted molar refractivity (Wildman–Crippen MR) is 55.1 cm³/mol. The van der Waals surface area contributed by atoms with Gasteiger partial charge in [0.25, 0.3) is 0 Å². The number of nitrogens with two attached hydrogens (primary N) is 1. The van der Waals surface area contributed by atoms with E-state index < -0.39 is 5.63 Å². The summed E-state index contributed by atoms with van der Waals surface area (Å²) >= 11 is 0. The van der Waals surface area contributed by atoms with Crippen LogP contribution >= 0.6 is 0 Å². The molecule has 0 aliphatic heterocycles. The molecular weight excluding hydrogens is 198 g/mol. The molecule has 0 fully saturated rings. The minimum Gasteiger partial charge on any atom is -0.505 e. The van der Waals surface area contributed by atoms with Crippen LogP contribution in [0.2, 0.25) is 0 Å². The third-order valence-corrected chi connectivity index (χ3v) is 2.12. The fourth-order valence-electron chi connectivity index (χ4n) is 1.36. The first-order valence-corrected chi connectivity index (χ1v) is 4.23. The van der Waals surface area contributed by atoms with Crippen molar-refractivity contribution in [3.8, 4) is 11.5 Å². The van der Waals surface area contributed by atoms with E-state index in [-0.39, 0.29) is 17.0 Å². The zero-order valence-electron chi connectivity index (χ0n) is 7.98. The maximum Gasteiger partial charge on any atom is 0.363 e. The first-order valence-electron chi connectivity index (χ1n) is 4.23. The summed E-state index contributed by atoms with van der Waals surface area (Å²) in [5.74, 6) is 0.0973. The zero-order valence-corrected chi connectivity index (χ0v) is 7.98. The number of hydrogen-bond donors (Lipinski definition) is 2. The molecular formula is C10H9NO4. The molecule has 1 heterocycles. The van der Waals surface area contributed by atoms with Crippen molar-refractivity contribution < 1.29 is 14.3 Å². The van der Waals surface area contributed by atoms with E-state index in [0.29, 0.717) is 11.1 Å². The number of benzene rings is 1. The quantitative estimate of drug-likeness (QED) is 0.683. The number of ether oxygens (including phenoxy) is 1.